The molecule has 0 aliphatic carbocycles. The highest BCUT2D eigenvalue weighted by molar-refractivity contribution is 6.00. The first-order chi connectivity index (χ1) is 12.9. The van der Waals surface area contributed by atoms with E-state index >= 15 is 0 Å². The van der Waals surface area contributed by atoms with Crippen molar-refractivity contribution >= 4 is 23.4 Å². The van der Waals surface area contributed by atoms with Crippen molar-refractivity contribution in [1.29, 1.82) is 0 Å². The van der Waals surface area contributed by atoms with Crippen molar-refractivity contribution in [2.24, 2.45) is 0 Å². The van der Waals surface area contributed by atoms with Gasteiger partial charge in [-0.25, -0.2) is 0 Å². The lowest BCUT2D eigenvalue weighted by atomic mass is 10.0. The van der Waals surface area contributed by atoms with E-state index in [1.54, 1.807) is 32.3 Å². The number of fused-ring (bicyclic) bond motifs is 1. The normalized spacial score (nSPS) is 13.6. The van der Waals surface area contributed by atoms with Crippen molar-refractivity contribution in [3.05, 3.63) is 59.7 Å². The monoisotopic (exact) mass is 367 g/mol. The molecule has 140 valence electrons. The van der Waals surface area contributed by atoms with E-state index in [-0.39, 0.29) is 30.7 Å². The minimum Gasteiger partial charge on any atom is -0.482 e. The molecule has 7 heteroatoms. The number of ether oxygens (including phenoxy) is 1. The summed E-state index contributed by atoms with van der Waals surface area (Å²) in [5, 5.41) is 5.60. The van der Waals surface area contributed by atoms with Crippen LogP contribution >= 0.6 is 0 Å². The molecule has 0 saturated carbocycles. The summed E-state index contributed by atoms with van der Waals surface area (Å²) in [6.07, 6.45) is 0.146. The van der Waals surface area contributed by atoms with Gasteiger partial charge in [0.1, 0.15) is 5.75 Å². The molecule has 1 heterocycles. The first kappa shape index (κ1) is 18.4. The summed E-state index contributed by atoms with van der Waals surface area (Å²) < 4.78 is 5.31. The van der Waals surface area contributed by atoms with Gasteiger partial charge in [0.25, 0.3) is 11.8 Å². The number of nitrogens with zero attached hydrogens (tertiary/aromatic N) is 1. The zero-order valence-corrected chi connectivity index (χ0v) is 15.2. The number of carbonyl (C=O) groups excluding carboxylic acids is 3. The number of nitrogens with one attached hydrogen (secondary N) is 2. The molecule has 0 aromatic heterocycles. The van der Waals surface area contributed by atoms with Crippen LogP contribution in [0.15, 0.2) is 48.5 Å². The van der Waals surface area contributed by atoms with Crippen LogP contribution in [0.4, 0.5) is 5.69 Å². The maximum atomic E-state index is 12.8. The van der Waals surface area contributed by atoms with Gasteiger partial charge < -0.3 is 20.3 Å². The number of anilines is 1. The Morgan fingerprint density at radius 2 is 1.93 bits per heavy atom. The van der Waals surface area contributed by atoms with Crippen LogP contribution in [0.2, 0.25) is 0 Å². The third-order valence-electron chi connectivity index (χ3n) is 4.26. The summed E-state index contributed by atoms with van der Waals surface area (Å²) >= 11 is 0. The highest BCUT2D eigenvalue weighted by atomic mass is 16.5. The Morgan fingerprint density at radius 1 is 1.19 bits per heavy atom. The Labute approximate surface area is 157 Å². The number of benzene rings is 2. The second kappa shape index (κ2) is 7.90. The van der Waals surface area contributed by atoms with E-state index in [1.807, 2.05) is 30.3 Å². The minimum absolute atomic E-state index is 0.0404. The zero-order valence-electron chi connectivity index (χ0n) is 15.2. The zero-order chi connectivity index (χ0) is 19.4. The quantitative estimate of drug-likeness (QED) is 0.846. The maximum Gasteiger partial charge on any atom is 0.262 e. The predicted molar refractivity (Wildman–Crippen MR) is 101 cm³/mol. The van der Waals surface area contributed by atoms with Crippen molar-refractivity contribution in [3.63, 3.8) is 0 Å². The second-order valence-electron chi connectivity index (χ2n) is 6.48. The van der Waals surface area contributed by atoms with Crippen LogP contribution in [0, 0.1) is 0 Å². The Morgan fingerprint density at radius 3 is 2.63 bits per heavy atom. The smallest absolute Gasteiger partial charge is 0.262 e. The fraction of sp³-hybridized carbons (Fsp3) is 0.250. The molecule has 3 amide bonds. The van der Waals surface area contributed by atoms with Gasteiger partial charge in [-0.3, -0.25) is 14.4 Å². The van der Waals surface area contributed by atoms with Gasteiger partial charge in [0, 0.05) is 19.7 Å². The average Bonchev–Trinajstić information content (AvgIpc) is 2.67. The van der Waals surface area contributed by atoms with Crippen LogP contribution in [0.3, 0.4) is 0 Å². The summed E-state index contributed by atoms with van der Waals surface area (Å²) in [4.78, 5) is 37.9. The summed E-state index contributed by atoms with van der Waals surface area (Å²) in [7, 11) is 3.36. The number of amides is 3. The first-order valence-electron chi connectivity index (χ1n) is 8.56. The van der Waals surface area contributed by atoms with E-state index in [0.29, 0.717) is 17.0 Å². The number of rotatable bonds is 5. The molecule has 27 heavy (non-hydrogen) atoms. The Hall–Kier alpha value is -3.35. The van der Waals surface area contributed by atoms with Crippen LogP contribution in [-0.4, -0.2) is 43.3 Å². The minimum atomic E-state index is -0.463. The number of hydrogen-bond donors (Lipinski definition) is 2. The highest BCUT2D eigenvalue weighted by Gasteiger charge is 2.22. The van der Waals surface area contributed by atoms with Gasteiger partial charge in [0.05, 0.1) is 18.2 Å². The average molecular weight is 367 g/mol. The van der Waals surface area contributed by atoms with Crippen LogP contribution in [0.1, 0.15) is 28.4 Å². The Kier molecular flexibility index (Phi) is 5.40. The molecular weight excluding hydrogens is 346 g/mol. The van der Waals surface area contributed by atoms with E-state index in [2.05, 4.69) is 10.6 Å². The van der Waals surface area contributed by atoms with Crippen molar-refractivity contribution in [2.75, 3.05) is 26.0 Å². The molecule has 0 unspecified atom stereocenters. The number of hydrogen-bond acceptors (Lipinski definition) is 4. The van der Waals surface area contributed by atoms with Gasteiger partial charge in [-0.15, -0.1) is 0 Å². The number of carbonyl (C=O) groups is 3. The van der Waals surface area contributed by atoms with Crippen molar-refractivity contribution < 1.29 is 19.1 Å². The molecule has 1 aliphatic rings. The standard InChI is InChI=1S/C20H21N3O4/c1-23(2)19(25)11-15(13-6-4-3-5-7-13)22-20(26)14-8-9-17-16(10-14)21-18(24)12-27-17/h3-10,15H,11-12H2,1-2H3,(H,21,24)(H,22,26)/t15-/m0/s1. The lowest BCUT2D eigenvalue weighted by Gasteiger charge is -2.22. The third-order valence-corrected chi connectivity index (χ3v) is 4.26. The third kappa shape index (κ3) is 4.44. The van der Waals surface area contributed by atoms with Crippen LogP contribution in [-0.2, 0) is 9.59 Å². The van der Waals surface area contributed by atoms with Crippen molar-refractivity contribution in [2.45, 2.75) is 12.5 Å². The molecule has 2 aromatic carbocycles. The van der Waals surface area contributed by atoms with Gasteiger partial charge in [-0.05, 0) is 23.8 Å². The molecule has 1 atom stereocenters. The van der Waals surface area contributed by atoms with E-state index in [1.165, 1.54) is 4.90 Å². The second-order valence-corrected chi connectivity index (χ2v) is 6.48. The topological polar surface area (TPSA) is 87.7 Å². The molecule has 0 saturated heterocycles. The fourth-order valence-corrected chi connectivity index (χ4v) is 2.76. The van der Waals surface area contributed by atoms with Gasteiger partial charge in [0.15, 0.2) is 6.61 Å². The summed E-state index contributed by atoms with van der Waals surface area (Å²) in [5.41, 5.74) is 1.67. The highest BCUT2D eigenvalue weighted by Crippen LogP contribution is 2.29. The van der Waals surface area contributed by atoms with E-state index in [4.69, 9.17) is 4.74 Å². The molecule has 0 spiro atoms. The van der Waals surface area contributed by atoms with Gasteiger partial charge >= 0.3 is 0 Å². The molecule has 0 radical (unpaired) electrons. The van der Waals surface area contributed by atoms with E-state index < -0.39 is 6.04 Å². The molecule has 0 fully saturated rings. The van der Waals surface area contributed by atoms with Gasteiger partial charge in [-0.2, -0.15) is 0 Å². The van der Waals surface area contributed by atoms with Crippen LogP contribution in [0.25, 0.3) is 0 Å². The molecular formula is C20H21N3O4. The molecule has 2 aromatic rings. The lowest BCUT2D eigenvalue weighted by molar-refractivity contribution is -0.129. The molecule has 3 rings (SSSR count). The van der Waals surface area contributed by atoms with E-state index in [0.717, 1.165) is 5.56 Å². The van der Waals surface area contributed by atoms with Gasteiger partial charge in [-0.1, -0.05) is 30.3 Å². The summed E-state index contributed by atoms with van der Waals surface area (Å²) in [6, 6.07) is 13.7. The Balaban J connectivity index is 1.81. The first-order valence-corrected chi connectivity index (χ1v) is 8.56. The fourth-order valence-electron chi connectivity index (χ4n) is 2.76. The SMILES string of the molecule is CN(C)C(=O)C[C@H](NC(=O)c1ccc2c(c1)NC(=O)CO2)c1ccccc1. The maximum absolute atomic E-state index is 12.8. The molecule has 7 nitrogen and oxygen atoms in total. The van der Waals surface area contributed by atoms with Gasteiger partial charge in [0.2, 0.25) is 5.91 Å². The largest absolute Gasteiger partial charge is 0.482 e. The van der Waals surface area contributed by atoms with Crippen molar-refractivity contribution in [3.8, 4) is 5.75 Å². The summed E-state index contributed by atoms with van der Waals surface area (Å²) in [5.74, 6) is -0.166. The van der Waals surface area contributed by atoms with Crippen LogP contribution < -0.4 is 15.4 Å². The predicted octanol–water partition coefficient (Wildman–Crippen LogP) is 1.97. The Bertz CT molecular complexity index is 865. The summed E-state index contributed by atoms with van der Waals surface area (Å²) in [6.45, 7) is -0.0404. The lowest BCUT2D eigenvalue weighted by Crippen LogP contribution is -2.33. The van der Waals surface area contributed by atoms with Crippen molar-refractivity contribution in [1.82, 2.24) is 10.2 Å². The molecule has 1 aliphatic heterocycles. The van der Waals surface area contributed by atoms with Crippen LogP contribution in [0.5, 0.6) is 5.75 Å². The molecule has 0 bridgehead atoms. The molecule has 2 N–H and O–H groups in total. The van der Waals surface area contributed by atoms with E-state index in [9.17, 15) is 14.4 Å².